The van der Waals surface area contributed by atoms with Gasteiger partial charge in [0, 0.05) is 12.4 Å². The Kier molecular flexibility index (Phi) is 3.14. The Bertz CT molecular complexity index is 672. The number of hydrogen-bond donors (Lipinski definition) is 1. The lowest BCUT2D eigenvalue weighted by Gasteiger charge is -2.29. The van der Waals surface area contributed by atoms with E-state index >= 15 is 0 Å². The van der Waals surface area contributed by atoms with Crippen molar-refractivity contribution in [3.05, 3.63) is 59.7 Å². The summed E-state index contributed by atoms with van der Waals surface area (Å²) in [5.74, 6) is -0.881. The molecule has 1 atom stereocenters. The molecule has 0 amide bonds. The Hall–Kier alpha value is -2.36. The third kappa shape index (κ3) is 2.03. The van der Waals surface area contributed by atoms with Crippen molar-refractivity contribution in [2.45, 2.75) is 25.8 Å². The molecule has 0 fully saturated rings. The maximum atomic E-state index is 11.2. The van der Waals surface area contributed by atoms with Gasteiger partial charge in [0.2, 0.25) is 0 Å². The Labute approximate surface area is 117 Å². The molecule has 1 N–H and O–H groups in total. The van der Waals surface area contributed by atoms with Gasteiger partial charge < -0.3 is 9.67 Å². The van der Waals surface area contributed by atoms with Gasteiger partial charge >= 0.3 is 5.97 Å². The highest BCUT2D eigenvalue weighted by Crippen LogP contribution is 2.38. The second-order valence-corrected chi connectivity index (χ2v) is 4.99. The topological polar surface area (TPSA) is 55.1 Å². The van der Waals surface area contributed by atoms with Crippen LogP contribution in [0.5, 0.6) is 0 Å². The molecule has 1 aromatic heterocycles. The SMILES string of the molecule is C/C=C1/c2cc(C(=O)O)ccc2CCC1n1ccnc1. The first kappa shape index (κ1) is 12.7. The van der Waals surface area contributed by atoms with Gasteiger partial charge in [0.05, 0.1) is 17.9 Å². The summed E-state index contributed by atoms with van der Waals surface area (Å²) in [6.45, 7) is 2.00. The second-order valence-electron chi connectivity index (χ2n) is 4.99. The molecule has 3 rings (SSSR count). The fourth-order valence-electron chi connectivity index (χ4n) is 2.93. The van der Waals surface area contributed by atoms with Crippen molar-refractivity contribution in [3.8, 4) is 0 Å². The van der Waals surface area contributed by atoms with Crippen LogP contribution >= 0.6 is 0 Å². The van der Waals surface area contributed by atoms with Crippen molar-refractivity contribution in [2.24, 2.45) is 0 Å². The summed E-state index contributed by atoms with van der Waals surface area (Å²) in [4.78, 5) is 15.3. The molecular weight excluding hydrogens is 252 g/mol. The lowest BCUT2D eigenvalue weighted by atomic mass is 9.82. The molecule has 1 aliphatic rings. The molecule has 102 valence electrons. The number of imidazole rings is 1. The molecule has 0 bridgehead atoms. The Balaban J connectivity index is 2.08. The van der Waals surface area contributed by atoms with Gasteiger partial charge in [-0.1, -0.05) is 12.1 Å². The van der Waals surface area contributed by atoms with Crippen molar-refractivity contribution >= 4 is 11.5 Å². The zero-order valence-corrected chi connectivity index (χ0v) is 11.3. The highest BCUT2D eigenvalue weighted by atomic mass is 16.4. The van der Waals surface area contributed by atoms with Crippen LogP contribution in [0.2, 0.25) is 0 Å². The quantitative estimate of drug-likeness (QED) is 0.910. The molecule has 4 nitrogen and oxygen atoms in total. The van der Waals surface area contributed by atoms with Gasteiger partial charge in [0.1, 0.15) is 0 Å². The minimum Gasteiger partial charge on any atom is -0.478 e. The number of carboxylic acid groups (broad SMARTS) is 1. The predicted octanol–water partition coefficient (Wildman–Crippen LogP) is 3.17. The van der Waals surface area contributed by atoms with E-state index in [4.69, 9.17) is 5.11 Å². The van der Waals surface area contributed by atoms with Crippen LogP contribution in [-0.4, -0.2) is 20.6 Å². The van der Waals surface area contributed by atoms with E-state index in [1.807, 2.05) is 25.5 Å². The summed E-state index contributed by atoms with van der Waals surface area (Å²) >= 11 is 0. The van der Waals surface area contributed by atoms with Crippen molar-refractivity contribution in [1.82, 2.24) is 9.55 Å². The highest BCUT2D eigenvalue weighted by molar-refractivity contribution is 5.89. The van der Waals surface area contributed by atoms with Crippen molar-refractivity contribution in [1.29, 1.82) is 0 Å². The lowest BCUT2D eigenvalue weighted by molar-refractivity contribution is 0.0697. The zero-order valence-electron chi connectivity index (χ0n) is 11.3. The largest absolute Gasteiger partial charge is 0.478 e. The van der Waals surface area contributed by atoms with E-state index in [-0.39, 0.29) is 6.04 Å². The molecule has 1 unspecified atom stereocenters. The minimum absolute atomic E-state index is 0.235. The number of allylic oxidation sites excluding steroid dienone is 2. The maximum Gasteiger partial charge on any atom is 0.335 e. The van der Waals surface area contributed by atoms with E-state index in [1.54, 1.807) is 18.3 Å². The monoisotopic (exact) mass is 268 g/mol. The number of nitrogens with zero attached hydrogens (tertiary/aromatic N) is 2. The maximum absolute atomic E-state index is 11.2. The average molecular weight is 268 g/mol. The molecule has 0 spiro atoms. The molecule has 20 heavy (non-hydrogen) atoms. The third-order valence-electron chi connectivity index (χ3n) is 3.91. The number of carboxylic acids is 1. The first-order valence-electron chi connectivity index (χ1n) is 6.71. The molecule has 2 aromatic rings. The molecule has 0 radical (unpaired) electrons. The van der Waals surface area contributed by atoms with Gasteiger partial charge in [-0.15, -0.1) is 0 Å². The van der Waals surface area contributed by atoms with E-state index in [2.05, 4.69) is 15.6 Å². The number of aromatic carboxylic acids is 1. The number of hydrogen-bond acceptors (Lipinski definition) is 2. The summed E-state index contributed by atoms with van der Waals surface area (Å²) in [6.07, 6.45) is 9.59. The number of aryl methyl sites for hydroxylation is 1. The Morgan fingerprint density at radius 3 is 3.00 bits per heavy atom. The van der Waals surface area contributed by atoms with Crippen LogP contribution in [0, 0.1) is 0 Å². The summed E-state index contributed by atoms with van der Waals surface area (Å²) < 4.78 is 2.09. The number of fused-ring (bicyclic) bond motifs is 1. The smallest absolute Gasteiger partial charge is 0.335 e. The van der Waals surface area contributed by atoms with E-state index in [9.17, 15) is 4.79 Å². The van der Waals surface area contributed by atoms with Crippen molar-refractivity contribution in [3.63, 3.8) is 0 Å². The average Bonchev–Trinajstić information content (AvgIpc) is 2.99. The molecule has 1 heterocycles. The van der Waals surface area contributed by atoms with E-state index in [1.165, 1.54) is 11.1 Å². The van der Waals surface area contributed by atoms with Gasteiger partial charge in [0.25, 0.3) is 0 Å². The molecule has 1 aromatic carbocycles. The lowest BCUT2D eigenvalue weighted by Crippen LogP contribution is -2.17. The van der Waals surface area contributed by atoms with Gasteiger partial charge in [-0.3, -0.25) is 0 Å². The van der Waals surface area contributed by atoms with Crippen LogP contribution in [-0.2, 0) is 6.42 Å². The van der Waals surface area contributed by atoms with Gasteiger partial charge in [-0.2, -0.15) is 0 Å². The van der Waals surface area contributed by atoms with Crippen LogP contribution in [0.1, 0.15) is 40.9 Å². The van der Waals surface area contributed by atoms with Crippen molar-refractivity contribution in [2.75, 3.05) is 0 Å². The van der Waals surface area contributed by atoms with Crippen LogP contribution in [0.25, 0.3) is 5.57 Å². The van der Waals surface area contributed by atoms with E-state index in [0.717, 1.165) is 18.4 Å². The van der Waals surface area contributed by atoms with E-state index in [0.29, 0.717) is 5.56 Å². The number of aromatic nitrogens is 2. The summed E-state index contributed by atoms with van der Waals surface area (Å²) in [5.41, 5.74) is 3.79. The van der Waals surface area contributed by atoms with Crippen LogP contribution in [0.3, 0.4) is 0 Å². The molecular formula is C16H16N2O2. The van der Waals surface area contributed by atoms with Gasteiger partial charge in [-0.25, -0.2) is 9.78 Å². The minimum atomic E-state index is -0.881. The summed E-state index contributed by atoms with van der Waals surface area (Å²) in [5, 5.41) is 9.16. The standard InChI is InChI=1S/C16H16N2O2/c1-2-13-14-9-12(16(19)20)4-3-11(14)5-6-15(13)18-8-7-17-10-18/h2-4,7-10,15H,5-6H2,1H3,(H,19,20)/b13-2-. The first-order chi connectivity index (χ1) is 9.70. The van der Waals surface area contributed by atoms with Gasteiger partial charge in [0.15, 0.2) is 0 Å². The summed E-state index contributed by atoms with van der Waals surface area (Å²) in [6, 6.07) is 5.65. The molecule has 4 heteroatoms. The molecule has 1 aliphatic carbocycles. The number of benzene rings is 1. The van der Waals surface area contributed by atoms with Crippen LogP contribution in [0.15, 0.2) is 43.0 Å². The normalized spacial score (nSPS) is 19.9. The van der Waals surface area contributed by atoms with Crippen LogP contribution in [0.4, 0.5) is 0 Å². The molecule has 0 saturated heterocycles. The summed E-state index contributed by atoms with van der Waals surface area (Å²) in [7, 11) is 0. The first-order valence-corrected chi connectivity index (χ1v) is 6.71. The zero-order chi connectivity index (χ0) is 14.1. The fourth-order valence-corrected chi connectivity index (χ4v) is 2.93. The predicted molar refractivity (Wildman–Crippen MR) is 76.6 cm³/mol. The van der Waals surface area contributed by atoms with Crippen molar-refractivity contribution < 1.29 is 9.90 Å². The third-order valence-corrected chi connectivity index (χ3v) is 3.91. The fraction of sp³-hybridized carbons (Fsp3) is 0.250. The van der Waals surface area contributed by atoms with E-state index < -0.39 is 5.97 Å². The van der Waals surface area contributed by atoms with Crippen LogP contribution < -0.4 is 0 Å². The molecule has 0 saturated carbocycles. The van der Waals surface area contributed by atoms with Gasteiger partial charge in [-0.05, 0) is 48.6 Å². The highest BCUT2D eigenvalue weighted by Gasteiger charge is 2.25. The Morgan fingerprint density at radius 1 is 1.50 bits per heavy atom. The molecule has 0 aliphatic heterocycles. The Morgan fingerprint density at radius 2 is 2.35 bits per heavy atom. The number of rotatable bonds is 2. The number of carbonyl (C=O) groups is 1. The second kappa shape index (κ2) is 4.96.